The molecule has 0 aliphatic carbocycles. The standard InChI is InChI=1S/C25H23ClN2O5/c1-16(27-23(29)20-13-6-7-14-21(20)26)25(31)33-22(17-9-4-3-5-10-17)24(30)28-18-11-8-12-19(15-18)32-2/h3-16,22H,1-2H3,(H,27,29)(H,28,30)/t16-,22?/m0/s1. The maximum Gasteiger partial charge on any atom is 0.329 e. The van der Waals surface area contributed by atoms with Crippen LogP contribution in [0.2, 0.25) is 5.02 Å². The minimum Gasteiger partial charge on any atom is -0.497 e. The molecule has 3 rings (SSSR count). The molecule has 0 heterocycles. The molecule has 3 aromatic rings. The molecule has 7 nitrogen and oxygen atoms in total. The van der Waals surface area contributed by atoms with Gasteiger partial charge >= 0.3 is 5.97 Å². The first kappa shape index (κ1) is 23.8. The molecule has 0 spiro atoms. The molecule has 170 valence electrons. The first-order valence-electron chi connectivity index (χ1n) is 10.1. The fourth-order valence-corrected chi connectivity index (χ4v) is 3.23. The van der Waals surface area contributed by atoms with E-state index in [1.807, 2.05) is 0 Å². The summed E-state index contributed by atoms with van der Waals surface area (Å²) in [4.78, 5) is 38.3. The molecule has 0 bridgehead atoms. The molecule has 2 amide bonds. The van der Waals surface area contributed by atoms with Crippen LogP contribution in [0.3, 0.4) is 0 Å². The van der Waals surface area contributed by atoms with E-state index >= 15 is 0 Å². The number of anilines is 1. The molecule has 0 fully saturated rings. The van der Waals surface area contributed by atoms with E-state index in [1.54, 1.807) is 78.9 Å². The van der Waals surface area contributed by atoms with Crippen LogP contribution in [0.5, 0.6) is 5.75 Å². The van der Waals surface area contributed by atoms with Crippen molar-refractivity contribution < 1.29 is 23.9 Å². The molecule has 0 radical (unpaired) electrons. The topological polar surface area (TPSA) is 93.7 Å². The van der Waals surface area contributed by atoms with Gasteiger partial charge < -0.3 is 20.1 Å². The van der Waals surface area contributed by atoms with Crippen molar-refractivity contribution in [1.82, 2.24) is 5.32 Å². The summed E-state index contributed by atoms with van der Waals surface area (Å²) in [6.45, 7) is 1.47. The van der Waals surface area contributed by atoms with Crippen LogP contribution in [-0.2, 0) is 14.3 Å². The van der Waals surface area contributed by atoms with Gasteiger partial charge in [0.1, 0.15) is 11.8 Å². The van der Waals surface area contributed by atoms with E-state index in [1.165, 1.54) is 14.0 Å². The second-order valence-electron chi connectivity index (χ2n) is 7.12. The summed E-state index contributed by atoms with van der Waals surface area (Å²) in [5, 5.41) is 5.54. The number of carbonyl (C=O) groups is 3. The third-order valence-corrected chi connectivity index (χ3v) is 5.06. The Morgan fingerprint density at radius 3 is 2.30 bits per heavy atom. The predicted octanol–water partition coefficient (Wildman–Crippen LogP) is 4.39. The van der Waals surface area contributed by atoms with E-state index in [-0.39, 0.29) is 10.6 Å². The Morgan fingerprint density at radius 2 is 1.61 bits per heavy atom. The zero-order valence-corrected chi connectivity index (χ0v) is 18.8. The second-order valence-corrected chi connectivity index (χ2v) is 7.53. The molecule has 8 heteroatoms. The lowest BCUT2D eigenvalue weighted by Crippen LogP contribution is -2.41. The predicted molar refractivity (Wildman–Crippen MR) is 125 cm³/mol. The van der Waals surface area contributed by atoms with Crippen LogP contribution in [0.15, 0.2) is 78.9 Å². The van der Waals surface area contributed by atoms with Crippen molar-refractivity contribution in [3.05, 3.63) is 95.0 Å². The zero-order chi connectivity index (χ0) is 23.8. The number of amides is 2. The highest BCUT2D eigenvalue weighted by Gasteiger charge is 2.28. The number of esters is 1. The molecular formula is C25H23ClN2O5. The van der Waals surface area contributed by atoms with Crippen molar-refractivity contribution in [1.29, 1.82) is 0 Å². The lowest BCUT2D eigenvalue weighted by Gasteiger charge is -2.21. The fraction of sp³-hybridized carbons (Fsp3) is 0.160. The summed E-state index contributed by atoms with van der Waals surface area (Å²) < 4.78 is 10.7. The number of rotatable bonds is 8. The summed E-state index contributed by atoms with van der Waals surface area (Å²) in [6, 6.07) is 20.9. The van der Waals surface area contributed by atoms with E-state index in [9.17, 15) is 14.4 Å². The van der Waals surface area contributed by atoms with Crippen LogP contribution >= 0.6 is 11.6 Å². The monoisotopic (exact) mass is 466 g/mol. The van der Waals surface area contributed by atoms with E-state index < -0.39 is 29.9 Å². The third-order valence-electron chi connectivity index (χ3n) is 4.73. The number of hydrogen-bond donors (Lipinski definition) is 2. The number of benzene rings is 3. The highest BCUT2D eigenvalue weighted by Crippen LogP contribution is 2.23. The number of carbonyl (C=O) groups excluding carboxylic acids is 3. The van der Waals surface area contributed by atoms with Gasteiger partial charge in [0.2, 0.25) is 6.10 Å². The van der Waals surface area contributed by atoms with Gasteiger partial charge in [-0.3, -0.25) is 9.59 Å². The third kappa shape index (κ3) is 6.33. The molecule has 33 heavy (non-hydrogen) atoms. The fourth-order valence-electron chi connectivity index (χ4n) is 3.01. The first-order valence-corrected chi connectivity index (χ1v) is 10.5. The van der Waals surface area contributed by atoms with Crippen molar-refractivity contribution in [2.75, 3.05) is 12.4 Å². The number of halogens is 1. The summed E-state index contributed by atoms with van der Waals surface area (Å²) in [5.41, 5.74) is 1.20. The van der Waals surface area contributed by atoms with Crippen molar-refractivity contribution in [2.24, 2.45) is 0 Å². The zero-order valence-electron chi connectivity index (χ0n) is 18.1. The average molecular weight is 467 g/mol. The second kappa shape index (κ2) is 11.2. The maximum atomic E-state index is 13.0. The van der Waals surface area contributed by atoms with E-state index in [0.29, 0.717) is 17.0 Å². The van der Waals surface area contributed by atoms with Crippen molar-refractivity contribution in [3.63, 3.8) is 0 Å². The molecule has 1 unspecified atom stereocenters. The SMILES string of the molecule is COc1cccc(NC(=O)C(OC(=O)[C@H](C)NC(=O)c2ccccc2Cl)c2ccccc2)c1. The smallest absolute Gasteiger partial charge is 0.329 e. The van der Waals surface area contributed by atoms with E-state index in [2.05, 4.69) is 10.6 Å². The van der Waals surface area contributed by atoms with Crippen molar-refractivity contribution in [2.45, 2.75) is 19.1 Å². The molecule has 0 aliphatic rings. The Balaban J connectivity index is 1.74. The Bertz CT molecular complexity index is 1140. The number of methoxy groups -OCH3 is 1. The van der Waals surface area contributed by atoms with Gasteiger partial charge in [-0.25, -0.2) is 4.79 Å². The number of nitrogens with one attached hydrogen (secondary N) is 2. The summed E-state index contributed by atoms with van der Waals surface area (Å²) in [7, 11) is 1.52. The Hall–Kier alpha value is -3.84. The minimum atomic E-state index is -1.23. The van der Waals surface area contributed by atoms with Crippen LogP contribution in [0, 0.1) is 0 Å². The van der Waals surface area contributed by atoms with Crippen molar-refractivity contribution in [3.8, 4) is 5.75 Å². The Kier molecular flexibility index (Phi) is 8.05. The average Bonchev–Trinajstić information content (AvgIpc) is 2.83. The van der Waals surface area contributed by atoms with Crippen LogP contribution in [-0.4, -0.2) is 30.9 Å². The molecule has 0 aliphatic heterocycles. The van der Waals surface area contributed by atoms with Crippen molar-refractivity contribution >= 4 is 35.1 Å². The van der Waals surface area contributed by atoms with Gasteiger partial charge in [-0.1, -0.05) is 60.1 Å². The molecule has 2 atom stereocenters. The van der Waals surface area contributed by atoms with Gasteiger partial charge in [0.25, 0.3) is 11.8 Å². The highest BCUT2D eigenvalue weighted by molar-refractivity contribution is 6.33. The minimum absolute atomic E-state index is 0.231. The first-order chi connectivity index (χ1) is 15.9. The molecule has 0 saturated heterocycles. The maximum absolute atomic E-state index is 13.0. The normalized spacial score (nSPS) is 12.2. The molecule has 3 aromatic carbocycles. The Labute approximate surface area is 196 Å². The van der Waals surface area contributed by atoms with Gasteiger partial charge in [0.15, 0.2) is 0 Å². The van der Waals surface area contributed by atoms with E-state index in [0.717, 1.165) is 0 Å². The van der Waals surface area contributed by atoms with Gasteiger partial charge in [0.05, 0.1) is 17.7 Å². The number of ether oxygens (including phenoxy) is 2. The molecule has 0 aromatic heterocycles. The largest absolute Gasteiger partial charge is 0.497 e. The summed E-state index contributed by atoms with van der Waals surface area (Å²) in [5.74, 6) is -1.28. The summed E-state index contributed by atoms with van der Waals surface area (Å²) >= 11 is 6.05. The van der Waals surface area contributed by atoms with Crippen LogP contribution in [0.25, 0.3) is 0 Å². The van der Waals surface area contributed by atoms with Gasteiger partial charge in [-0.2, -0.15) is 0 Å². The van der Waals surface area contributed by atoms with E-state index in [4.69, 9.17) is 21.1 Å². The van der Waals surface area contributed by atoms with Gasteiger partial charge in [-0.05, 0) is 31.2 Å². The summed E-state index contributed by atoms with van der Waals surface area (Å²) in [6.07, 6.45) is -1.23. The van der Waals surface area contributed by atoms with Crippen LogP contribution in [0.1, 0.15) is 28.9 Å². The van der Waals surface area contributed by atoms with Crippen LogP contribution < -0.4 is 15.4 Å². The Morgan fingerprint density at radius 1 is 0.909 bits per heavy atom. The molecular weight excluding hydrogens is 444 g/mol. The molecule has 0 saturated carbocycles. The quantitative estimate of drug-likeness (QED) is 0.480. The highest BCUT2D eigenvalue weighted by atomic mass is 35.5. The lowest BCUT2D eigenvalue weighted by molar-refractivity contribution is -0.156. The molecule has 2 N–H and O–H groups in total. The number of hydrogen-bond acceptors (Lipinski definition) is 5. The van der Waals surface area contributed by atoms with Gasteiger partial charge in [0, 0.05) is 17.3 Å². The van der Waals surface area contributed by atoms with Gasteiger partial charge in [-0.15, -0.1) is 0 Å². The lowest BCUT2D eigenvalue weighted by atomic mass is 10.1. The van der Waals surface area contributed by atoms with Crippen LogP contribution in [0.4, 0.5) is 5.69 Å².